The number of carbonyl (C=O) groups is 2. The van der Waals surface area contributed by atoms with E-state index < -0.39 is 12.2 Å². The fraction of sp³-hybridized carbons (Fsp3) is 0.739. The third-order valence-corrected chi connectivity index (χ3v) is 5.88. The second-order valence-corrected chi connectivity index (χ2v) is 8.51. The molecule has 1 aliphatic heterocycles. The van der Waals surface area contributed by atoms with Crippen LogP contribution < -0.4 is 15.4 Å². The van der Waals surface area contributed by atoms with Gasteiger partial charge in [0.15, 0.2) is 0 Å². The molecule has 2 fully saturated rings. The molecule has 1 saturated heterocycles. The first-order valence-corrected chi connectivity index (χ1v) is 12.0. The summed E-state index contributed by atoms with van der Waals surface area (Å²) in [6.45, 7) is 6.36. The summed E-state index contributed by atoms with van der Waals surface area (Å²) in [5, 5.41) is 5.94. The van der Waals surface area contributed by atoms with E-state index in [1.807, 2.05) is 18.7 Å². The molecule has 2 heterocycles. The van der Waals surface area contributed by atoms with Gasteiger partial charge in [-0.05, 0) is 39.5 Å². The maximum absolute atomic E-state index is 13.5. The Bertz CT molecular complexity index is 819. The van der Waals surface area contributed by atoms with Crippen molar-refractivity contribution in [1.82, 2.24) is 25.5 Å². The average molecular weight is 480 g/mol. The molecular formula is C23H37N5O6. The maximum Gasteiger partial charge on any atom is 0.406 e. The van der Waals surface area contributed by atoms with E-state index in [1.165, 1.54) is 7.11 Å². The average Bonchev–Trinajstić information content (AvgIpc) is 3.68. The smallest absolute Gasteiger partial charge is 0.406 e. The number of hydrogen-bond donors (Lipinski definition) is 2. The van der Waals surface area contributed by atoms with Gasteiger partial charge in [-0.2, -0.15) is 0 Å². The predicted octanol–water partition coefficient (Wildman–Crippen LogP) is 1.22. The van der Waals surface area contributed by atoms with E-state index in [0.29, 0.717) is 63.0 Å². The van der Waals surface area contributed by atoms with Gasteiger partial charge in [-0.1, -0.05) is 0 Å². The van der Waals surface area contributed by atoms with Crippen molar-refractivity contribution < 1.29 is 28.5 Å². The molecule has 3 rings (SSSR count). The van der Waals surface area contributed by atoms with E-state index in [9.17, 15) is 9.59 Å². The standard InChI is InChI=1S/C23H37N5O6/c1-5-33-21-18(7-6-10-25-23(30)32-4)27-19(12-26-21)15(2)28(16-8-9-16)22(29)20-13-24-11-17(34-20)14-31-3/h12,15-17,20,24H,5-11,13-14H2,1-4H3,(H,25,30)/t15?,17-,20+/m0/s1. The van der Waals surface area contributed by atoms with Crippen molar-refractivity contribution in [3.8, 4) is 5.88 Å². The molecule has 1 aliphatic carbocycles. The summed E-state index contributed by atoms with van der Waals surface area (Å²) in [6.07, 6.45) is 3.65. The van der Waals surface area contributed by atoms with Crippen LogP contribution >= 0.6 is 0 Å². The van der Waals surface area contributed by atoms with Crippen molar-refractivity contribution in [3.63, 3.8) is 0 Å². The number of morpholine rings is 1. The van der Waals surface area contributed by atoms with Gasteiger partial charge in [-0.15, -0.1) is 0 Å². The molecule has 0 bridgehead atoms. The van der Waals surface area contributed by atoms with Gasteiger partial charge in [-0.3, -0.25) is 4.79 Å². The third kappa shape index (κ3) is 7.00. The second-order valence-electron chi connectivity index (χ2n) is 8.51. The van der Waals surface area contributed by atoms with Gasteiger partial charge >= 0.3 is 6.09 Å². The van der Waals surface area contributed by atoms with Gasteiger partial charge < -0.3 is 34.5 Å². The quantitative estimate of drug-likeness (QED) is 0.426. The summed E-state index contributed by atoms with van der Waals surface area (Å²) >= 11 is 0. The highest BCUT2D eigenvalue weighted by Gasteiger charge is 2.41. The Balaban J connectivity index is 1.72. The lowest BCUT2D eigenvalue weighted by atomic mass is 10.1. The van der Waals surface area contributed by atoms with Crippen LogP contribution in [0.3, 0.4) is 0 Å². The maximum atomic E-state index is 13.5. The Labute approximate surface area is 200 Å². The highest BCUT2D eigenvalue weighted by molar-refractivity contribution is 5.82. The van der Waals surface area contributed by atoms with Crippen molar-refractivity contribution in [2.24, 2.45) is 0 Å². The summed E-state index contributed by atoms with van der Waals surface area (Å²) in [5.74, 6) is 0.436. The summed E-state index contributed by atoms with van der Waals surface area (Å²) in [4.78, 5) is 36.0. The zero-order valence-corrected chi connectivity index (χ0v) is 20.5. The van der Waals surface area contributed by atoms with Gasteiger partial charge in [0.05, 0.1) is 44.4 Å². The molecule has 1 saturated carbocycles. The molecule has 2 aliphatic rings. The molecule has 3 atom stereocenters. The van der Waals surface area contributed by atoms with Gasteiger partial charge in [0.2, 0.25) is 5.88 Å². The van der Waals surface area contributed by atoms with Crippen molar-refractivity contribution in [3.05, 3.63) is 17.6 Å². The molecule has 2 N–H and O–H groups in total. The zero-order chi connectivity index (χ0) is 24.5. The molecule has 0 radical (unpaired) electrons. The lowest BCUT2D eigenvalue weighted by molar-refractivity contribution is -0.156. The van der Waals surface area contributed by atoms with E-state index in [-0.39, 0.29) is 24.1 Å². The first kappa shape index (κ1) is 26.1. The molecule has 0 spiro atoms. The third-order valence-electron chi connectivity index (χ3n) is 5.88. The topological polar surface area (TPSA) is 124 Å². The number of amides is 2. The van der Waals surface area contributed by atoms with E-state index in [1.54, 1.807) is 13.3 Å². The number of aromatic nitrogens is 2. The van der Waals surface area contributed by atoms with Crippen molar-refractivity contribution in [2.75, 3.05) is 47.1 Å². The van der Waals surface area contributed by atoms with Crippen molar-refractivity contribution in [1.29, 1.82) is 0 Å². The molecule has 11 heteroatoms. The number of rotatable bonds is 12. The minimum absolute atomic E-state index is 0.0391. The van der Waals surface area contributed by atoms with Crippen LogP contribution in [-0.2, 0) is 25.4 Å². The van der Waals surface area contributed by atoms with Crippen LogP contribution in [0, 0.1) is 0 Å². The van der Waals surface area contributed by atoms with Crippen LogP contribution in [0.5, 0.6) is 5.88 Å². The van der Waals surface area contributed by atoms with Gasteiger partial charge in [-0.25, -0.2) is 14.8 Å². The Morgan fingerprint density at radius 2 is 2.12 bits per heavy atom. The number of nitrogens with zero attached hydrogens (tertiary/aromatic N) is 3. The lowest BCUT2D eigenvalue weighted by Crippen LogP contribution is -2.54. The minimum atomic E-state index is -0.559. The summed E-state index contributed by atoms with van der Waals surface area (Å²) in [6, 6.07) is -0.0866. The molecule has 1 unspecified atom stereocenters. The first-order chi connectivity index (χ1) is 16.5. The monoisotopic (exact) mass is 479 g/mol. The van der Waals surface area contributed by atoms with Crippen LogP contribution in [0.2, 0.25) is 0 Å². The fourth-order valence-electron chi connectivity index (χ4n) is 4.05. The van der Waals surface area contributed by atoms with E-state index in [4.69, 9.17) is 19.2 Å². The molecule has 1 aromatic heterocycles. The van der Waals surface area contributed by atoms with E-state index >= 15 is 0 Å². The number of methoxy groups -OCH3 is 2. The number of hydrogen-bond acceptors (Lipinski definition) is 9. The molecule has 34 heavy (non-hydrogen) atoms. The first-order valence-electron chi connectivity index (χ1n) is 12.0. The highest BCUT2D eigenvalue weighted by atomic mass is 16.5. The molecule has 190 valence electrons. The Kier molecular flexibility index (Phi) is 9.85. The zero-order valence-electron chi connectivity index (χ0n) is 20.5. The Hall–Kier alpha value is -2.50. The molecule has 2 amide bonds. The van der Waals surface area contributed by atoms with E-state index in [2.05, 4.69) is 20.4 Å². The molecular weight excluding hydrogens is 442 g/mol. The van der Waals surface area contributed by atoms with Crippen LogP contribution in [0.4, 0.5) is 4.79 Å². The lowest BCUT2D eigenvalue weighted by Gasteiger charge is -2.36. The number of carbonyl (C=O) groups excluding carboxylic acids is 2. The largest absolute Gasteiger partial charge is 0.477 e. The van der Waals surface area contributed by atoms with Gasteiger partial charge in [0.25, 0.3) is 5.91 Å². The van der Waals surface area contributed by atoms with Crippen LogP contribution in [0.15, 0.2) is 6.20 Å². The Morgan fingerprint density at radius 1 is 1.32 bits per heavy atom. The molecule has 0 aromatic carbocycles. The van der Waals surface area contributed by atoms with Crippen LogP contribution in [-0.4, -0.2) is 92.2 Å². The van der Waals surface area contributed by atoms with E-state index in [0.717, 1.165) is 12.8 Å². The molecule has 1 aromatic rings. The van der Waals surface area contributed by atoms with Crippen molar-refractivity contribution >= 4 is 12.0 Å². The number of aryl methyl sites for hydroxylation is 1. The van der Waals surface area contributed by atoms with Gasteiger partial charge in [0, 0.05) is 32.8 Å². The summed E-state index contributed by atoms with van der Waals surface area (Å²) < 4.78 is 21.5. The van der Waals surface area contributed by atoms with Crippen LogP contribution in [0.1, 0.15) is 50.5 Å². The highest BCUT2D eigenvalue weighted by Crippen LogP contribution is 2.35. The van der Waals surface area contributed by atoms with Crippen LogP contribution in [0.25, 0.3) is 0 Å². The number of ether oxygens (including phenoxy) is 4. The predicted molar refractivity (Wildman–Crippen MR) is 124 cm³/mol. The summed E-state index contributed by atoms with van der Waals surface area (Å²) in [7, 11) is 2.96. The second kappa shape index (κ2) is 12.8. The number of nitrogens with one attached hydrogen (secondary N) is 2. The molecule has 11 nitrogen and oxygen atoms in total. The minimum Gasteiger partial charge on any atom is -0.477 e. The normalized spacial score (nSPS) is 20.9. The Morgan fingerprint density at radius 3 is 2.79 bits per heavy atom. The number of alkyl carbamates (subject to hydrolysis) is 1. The van der Waals surface area contributed by atoms with Gasteiger partial charge in [0.1, 0.15) is 11.8 Å². The van der Waals surface area contributed by atoms with Crippen molar-refractivity contribution in [2.45, 2.75) is 63.8 Å². The SMILES string of the molecule is CCOc1ncc(C(C)N(C(=O)[C@H]2CNC[C@@H](COC)O2)C2CC2)nc1CCCNC(=O)OC. The summed E-state index contributed by atoms with van der Waals surface area (Å²) in [5.41, 5.74) is 1.41. The fourth-order valence-corrected chi connectivity index (χ4v) is 4.05.